The van der Waals surface area contributed by atoms with E-state index in [9.17, 15) is 5.11 Å². The number of ether oxygens (including phenoxy) is 1. The van der Waals surface area contributed by atoms with Crippen molar-refractivity contribution in [2.24, 2.45) is 0 Å². The Balaban J connectivity index is 2.12. The van der Waals surface area contributed by atoms with Crippen LogP contribution in [0.1, 0.15) is 24.2 Å². The molecule has 1 unspecified atom stereocenters. The Bertz CT molecular complexity index is 566. The van der Waals surface area contributed by atoms with Gasteiger partial charge in [-0.2, -0.15) is 0 Å². The van der Waals surface area contributed by atoms with Crippen molar-refractivity contribution in [3.63, 3.8) is 0 Å². The maximum atomic E-state index is 10.5. The summed E-state index contributed by atoms with van der Waals surface area (Å²) in [5.41, 5.74) is 3.30. The highest BCUT2D eigenvalue weighted by molar-refractivity contribution is 5.53. The first kappa shape index (κ1) is 15.4. The van der Waals surface area contributed by atoms with E-state index in [0.717, 1.165) is 17.9 Å². The molecular weight excluding hydrogens is 262 g/mol. The monoisotopic (exact) mass is 285 g/mol. The minimum Gasteiger partial charge on any atom is -0.497 e. The van der Waals surface area contributed by atoms with E-state index in [1.54, 1.807) is 7.11 Å². The van der Waals surface area contributed by atoms with Crippen LogP contribution in [0.5, 0.6) is 5.75 Å². The van der Waals surface area contributed by atoms with E-state index in [0.29, 0.717) is 6.54 Å². The van der Waals surface area contributed by atoms with Gasteiger partial charge in [0.15, 0.2) is 0 Å². The van der Waals surface area contributed by atoms with Crippen LogP contribution in [0, 0.1) is 6.92 Å². The molecule has 1 N–H and O–H groups in total. The van der Waals surface area contributed by atoms with Gasteiger partial charge in [-0.3, -0.25) is 0 Å². The summed E-state index contributed by atoms with van der Waals surface area (Å²) in [6.45, 7) is 5.64. The van der Waals surface area contributed by atoms with Crippen LogP contribution in [0.4, 0.5) is 5.69 Å². The van der Waals surface area contributed by atoms with E-state index in [1.165, 1.54) is 11.3 Å². The number of aliphatic hydroxyl groups excluding tert-OH is 1. The molecule has 3 heteroatoms. The summed E-state index contributed by atoms with van der Waals surface area (Å²) in [6, 6.07) is 15.8. The molecule has 0 aliphatic carbocycles. The lowest BCUT2D eigenvalue weighted by Crippen LogP contribution is -2.28. The van der Waals surface area contributed by atoms with Crippen LogP contribution >= 0.6 is 0 Å². The van der Waals surface area contributed by atoms with Crippen molar-refractivity contribution in [1.82, 2.24) is 0 Å². The molecule has 3 nitrogen and oxygen atoms in total. The van der Waals surface area contributed by atoms with Gasteiger partial charge in [0.2, 0.25) is 0 Å². The number of hydrogen-bond donors (Lipinski definition) is 1. The van der Waals surface area contributed by atoms with E-state index in [-0.39, 0.29) is 0 Å². The second-order valence-corrected chi connectivity index (χ2v) is 5.11. The summed E-state index contributed by atoms with van der Waals surface area (Å²) in [6.07, 6.45) is -0.518. The third-order valence-electron chi connectivity index (χ3n) is 3.73. The number of anilines is 1. The van der Waals surface area contributed by atoms with E-state index in [4.69, 9.17) is 4.74 Å². The molecule has 0 radical (unpaired) electrons. The second kappa shape index (κ2) is 7.14. The second-order valence-electron chi connectivity index (χ2n) is 5.11. The minimum absolute atomic E-state index is 0.518. The number of aliphatic hydroxyl groups is 1. The lowest BCUT2D eigenvalue weighted by molar-refractivity contribution is 0.183. The Morgan fingerprint density at radius 1 is 1.10 bits per heavy atom. The van der Waals surface area contributed by atoms with Crippen LogP contribution < -0.4 is 9.64 Å². The van der Waals surface area contributed by atoms with Gasteiger partial charge in [-0.25, -0.2) is 0 Å². The van der Waals surface area contributed by atoms with Crippen molar-refractivity contribution in [1.29, 1.82) is 0 Å². The normalized spacial score (nSPS) is 12.0. The first-order valence-corrected chi connectivity index (χ1v) is 7.28. The number of hydrogen-bond acceptors (Lipinski definition) is 3. The van der Waals surface area contributed by atoms with Gasteiger partial charge in [0.05, 0.1) is 13.2 Å². The van der Waals surface area contributed by atoms with E-state index in [2.05, 4.69) is 30.9 Å². The molecule has 1 atom stereocenters. The number of para-hydroxylation sites is 1. The van der Waals surface area contributed by atoms with E-state index in [1.807, 2.05) is 36.4 Å². The van der Waals surface area contributed by atoms with Gasteiger partial charge >= 0.3 is 0 Å². The average molecular weight is 285 g/mol. The summed E-state index contributed by atoms with van der Waals surface area (Å²) in [5, 5.41) is 10.5. The van der Waals surface area contributed by atoms with Crippen LogP contribution in [-0.2, 0) is 0 Å². The third-order valence-corrected chi connectivity index (χ3v) is 3.73. The van der Waals surface area contributed by atoms with Crippen LogP contribution in [-0.4, -0.2) is 25.3 Å². The zero-order valence-electron chi connectivity index (χ0n) is 12.9. The van der Waals surface area contributed by atoms with Crippen molar-refractivity contribution in [2.75, 3.05) is 25.1 Å². The fourth-order valence-electron chi connectivity index (χ4n) is 2.46. The maximum absolute atomic E-state index is 10.5. The smallest absolute Gasteiger partial charge is 0.118 e. The number of rotatable bonds is 6. The van der Waals surface area contributed by atoms with Crippen molar-refractivity contribution in [2.45, 2.75) is 20.0 Å². The third kappa shape index (κ3) is 3.76. The van der Waals surface area contributed by atoms with Gasteiger partial charge in [0, 0.05) is 18.8 Å². The molecule has 2 rings (SSSR count). The zero-order valence-corrected chi connectivity index (χ0v) is 12.9. The van der Waals surface area contributed by atoms with Gasteiger partial charge < -0.3 is 14.7 Å². The van der Waals surface area contributed by atoms with Crippen molar-refractivity contribution < 1.29 is 9.84 Å². The molecule has 0 saturated heterocycles. The Kier molecular flexibility index (Phi) is 5.23. The number of aryl methyl sites for hydroxylation is 1. The molecule has 0 fully saturated rings. The average Bonchev–Trinajstić information content (AvgIpc) is 2.53. The molecule has 2 aromatic carbocycles. The Morgan fingerprint density at radius 2 is 1.76 bits per heavy atom. The summed E-state index contributed by atoms with van der Waals surface area (Å²) in [5.74, 6) is 0.803. The lowest BCUT2D eigenvalue weighted by atomic mass is 10.1. The quantitative estimate of drug-likeness (QED) is 0.881. The molecule has 0 amide bonds. The molecular formula is C18H23NO2. The van der Waals surface area contributed by atoms with Crippen LogP contribution in [0.3, 0.4) is 0 Å². The van der Waals surface area contributed by atoms with Crippen LogP contribution in [0.25, 0.3) is 0 Å². The fraction of sp³-hybridized carbons (Fsp3) is 0.333. The molecule has 0 aromatic heterocycles. The van der Waals surface area contributed by atoms with Crippen molar-refractivity contribution >= 4 is 5.69 Å². The molecule has 0 heterocycles. The predicted octanol–water partition coefficient (Wildman–Crippen LogP) is 3.56. The van der Waals surface area contributed by atoms with E-state index >= 15 is 0 Å². The largest absolute Gasteiger partial charge is 0.497 e. The van der Waals surface area contributed by atoms with Gasteiger partial charge in [-0.15, -0.1) is 0 Å². The summed E-state index contributed by atoms with van der Waals surface area (Å²) in [4.78, 5) is 2.20. The molecule has 21 heavy (non-hydrogen) atoms. The van der Waals surface area contributed by atoms with Gasteiger partial charge in [0.25, 0.3) is 0 Å². The Hall–Kier alpha value is -2.00. The van der Waals surface area contributed by atoms with E-state index < -0.39 is 6.10 Å². The maximum Gasteiger partial charge on any atom is 0.118 e. The summed E-state index contributed by atoms with van der Waals surface area (Å²) in [7, 11) is 1.64. The first-order chi connectivity index (χ1) is 10.2. The van der Waals surface area contributed by atoms with Gasteiger partial charge in [-0.05, 0) is 43.2 Å². The predicted molar refractivity (Wildman–Crippen MR) is 87.0 cm³/mol. The number of nitrogens with zero attached hydrogens (tertiary/aromatic N) is 1. The molecule has 0 aliphatic heterocycles. The molecule has 112 valence electrons. The molecule has 0 aliphatic rings. The molecule has 0 spiro atoms. The highest BCUT2D eigenvalue weighted by Gasteiger charge is 2.14. The Morgan fingerprint density at radius 3 is 2.33 bits per heavy atom. The summed E-state index contributed by atoms with van der Waals surface area (Å²) < 4.78 is 5.14. The first-order valence-electron chi connectivity index (χ1n) is 7.28. The highest BCUT2D eigenvalue weighted by atomic mass is 16.5. The van der Waals surface area contributed by atoms with Crippen LogP contribution in [0.2, 0.25) is 0 Å². The topological polar surface area (TPSA) is 32.7 Å². The minimum atomic E-state index is -0.518. The standard InChI is InChI=1S/C18H23NO2/c1-4-19(17-8-6-5-7-14(17)2)13-18(20)15-9-11-16(21-3)12-10-15/h5-12,18,20H,4,13H2,1-3H3. The number of likely N-dealkylation sites (N-methyl/N-ethyl adjacent to an activating group) is 1. The molecule has 0 saturated carbocycles. The molecule has 0 bridgehead atoms. The van der Waals surface area contributed by atoms with Crippen molar-refractivity contribution in [3.05, 3.63) is 59.7 Å². The molecule has 2 aromatic rings. The van der Waals surface area contributed by atoms with Gasteiger partial charge in [0.1, 0.15) is 5.75 Å². The SMILES string of the molecule is CCN(CC(O)c1ccc(OC)cc1)c1ccccc1C. The highest BCUT2D eigenvalue weighted by Crippen LogP contribution is 2.23. The zero-order chi connectivity index (χ0) is 15.2. The van der Waals surface area contributed by atoms with Crippen molar-refractivity contribution in [3.8, 4) is 5.75 Å². The summed E-state index contributed by atoms with van der Waals surface area (Å²) >= 11 is 0. The van der Waals surface area contributed by atoms with Gasteiger partial charge in [-0.1, -0.05) is 30.3 Å². The fourth-order valence-corrected chi connectivity index (χ4v) is 2.46. The number of methoxy groups -OCH3 is 1. The number of benzene rings is 2. The Labute approximate surface area is 126 Å². The van der Waals surface area contributed by atoms with Crippen LogP contribution in [0.15, 0.2) is 48.5 Å². The lowest BCUT2D eigenvalue weighted by Gasteiger charge is -2.27.